The van der Waals surface area contributed by atoms with Gasteiger partial charge in [0, 0.05) is 13.6 Å². The molecule has 5 nitrogen and oxygen atoms in total. The summed E-state index contributed by atoms with van der Waals surface area (Å²) in [7, 11) is 1.67. The number of hydrogen-bond acceptors (Lipinski definition) is 5. The van der Waals surface area contributed by atoms with Gasteiger partial charge in [-0.2, -0.15) is 10.2 Å². The first kappa shape index (κ1) is 14.7. The molecule has 0 spiro atoms. The summed E-state index contributed by atoms with van der Waals surface area (Å²) in [6, 6.07) is 9.08. The number of rotatable bonds is 5. The number of nitrogens with zero attached hydrogens (tertiary/aromatic N) is 4. The number of nitrogens with one attached hydrogen (secondary N) is 1. The minimum atomic E-state index is -0.535. The van der Waals surface area contributed by atoms with E-state index >= 15 is 0 Å². The maximum Gasteiger partial charge on any atom is 0.224 e. The normalized spacial score (nSPS) is 10.0. The Hall–Kier alpha value is -2.68. The highest BCUT2D eigenvalue weighted by molar-refractivity contribution is 5.67. The van der Waals surface area contributed by atoms with E-state index in [0.29, 0.717) is 23.7 Å². The SMILES string of the molecule is CCCNc1ncc(F)c(N(C)c2ccccc2C#N)n1. The second-order valence-electron chi connectivity index (χ2n) is 4.48. The topological polar surface area (TPSA) is 64.8 Å². The zero-order chi connectivity index (χ0) is 15.2. The first-order chi connectivity index (χ1) is 10.2. The maximum absolute atomic E-state index is 14.0. The van der Waals surface area contributed by atoms with Crippen molar-refractivity contribution in [3.8, 4) is 6.07 Å². The number of para-hydroxylation sites is 1. The van der Waals surface area contributed by atoms with Crippen molar-refractivity contribution in [2.75, 3.05) is 23.8 Å². The number of benzene rings is 1. The van der Waals surface area contributed by atoms with E-state index in [1.165, 1.54) is 0 Å². The van der Waals surface area contributed by atoms with Crippen molar-refractivity contribution in [3.05, 3.63) is 41.8 Å². The van der Waals surface area contributed by atoms with Crippen LogP contribution in [0, 0.1) is 17.1 Å². The van der Waals surface area contributed by atoms with E-state index < -0.39 is 5.82 Å². The zero-order valence-corrected chi connectivity index (χ0v) is 12.0. The Morgan fingerprint density at radius 2 is 2.14 bits per heavy atom. The molecule has 0 unspecified atom stereocenters. The summed E-state index contributed by atoms with van der Waals surface area (Å²) in [5.41, 5.74) is 1.06. The molecule has 0 amide bonds. The number of halogens is 1. The number of nitriles is 1. The van der Waals surface area contributed by atoms with Gasteiger partial charge in [0.15, 0.2) is 11.6 Å². The quantitative estimate of drug-likeness (QED) is 0.914. The second-order valence-corrected chi connectivity index (χ2v) is 4.48. The van der Waals surface area contributed by atoms with Crippen molar-refractivity contribution >= 4 is 17.5 Å². The van der Waals surface area contributed by atoms with Gasteiger partial charge < -0.3 is 10.2 Å². The van der Waals surface area contributed by atoms with Crippen molar-refractivity contribution in [2.24, 2.45) is 0 Å². The van der Waals surface area contributed by atoms with Gasteiger partial charge in [-0.1, -0.05) is 19.1 Å². The lowest BCUT2D eigenvalue weighted by molar-refractivity contribution is 0.614. The monoisotopic (exact) mass is 285 g/mol. The molecule has 0 saturated heterocycles. The van der Waals surface area contributed by atoms with Gasteiger partial charge >= 0.3 is 0 Å². The van der Waals surface area contributed by atoms with Gasteiger partial charge in [0.25, 0.3) is 0 Å². The van der Waals surface area contributed by atoms with Gasteiger partial charge in [0.1, 0.15) is 6.07 Å². The number of anilines is 3. The maximum atomic E-state index is 14.0. The Balaban J connectivity index is 2.38. The van der Waals surface area contributed by atoms with Gasteiger partial charge in [-0.05, 0) is 18.6 Å². The zero-order valence-electron chi connectivity index (χ0n) is 12.0. The van der Waals surface area contributed by atoms with Gasteiger partial charge in [-0.25, -0.2) is 9.37 Å². The fourth-order valence-electron chi connectivity index (χ4n) is 1.89. The van der Waals surface area contributed by atoms with Crippen molar-refractivity contribution in [1.29, 1.82) is 5.26 Å². The summed E-state index contributed by atoms with van der Waals surface area (Å²) in [4.78, 5) is 9.64. The van der Waals surface area contributed by atoms with Crippen LogP contribution in [0.5, 0.6) is 0 Å². The highest BCUT2D eigenvalue weighted by Crippen LogP contribution is 2.27. The van der Waals surface area contributed by atoms with Crippen molar-refractivity contribution in [2.45, 2.75) is 13.3 Å². The van der Waals surface area contributed by atoms with Gasteiger partial charge in [0.05, 0.1) is 17.4 Å². The summed E-state index contributed by atoms with van der Waals surface area (Å²) in [5, 5.41) is 12.2. The molecular formula is C15H16FN5. The van der Waals surface area contributed by atoms with Crippen LogP contribution in [0.3, 0.4) is 0 Å². The molecule has 1 N–H and O–H groups in total. The fourth-order valence-corrected chi connectivity index (χ4v) is 1.89. The van der Waals surface area contributed by atoms with Crippen LogP contribution in [-0.4, -0.2) is 23.6 Å². The smallest absolute Gasteiger partial charge is 0.224 e. The molecule has 2 rings (SSSR count). The molecule has 0 aliphatic heterocycles. The largest absolute Gasteiger partial charge is 0.354 e. The van der Waals surface area contributed by atoms with Crippen LogP contribution in [0.2, 0.25) is 0 Å². The molecule has 108 valence electrons. The third kappa shape index (κ3) is 3.26. The van der Waals surface area contributed by atoms with Crippen LogP contribution >= 0.6 is 0 Å². The molecule has 0 radical (unpaired) electrons. The van der Waals surface area contributed by atoms with Crippen LogP contribution in [0.4, 0.5) is 21.8 Å². The van der Waals surface area contributed by atoms with E-state index in [1.807, 2.05) is 6.92 Å². The first-order valence-corrected chi connectivity index (χ1v) is 6.66. The average molecular weight is 285 g/mol. The number of hydrogen-bond donors (Lipinski definition) is 1. The van der Waals surface area contributed by atoms with Crippen LogP contribution < -0.4 is 10.2 Å². The predicted octanol–water partition coefficient (Wildman–Crippen LogP) is 3.08. The molecule has 1 aromatic heterocycles. The molecule has 21 heavy (non-hydrogen) atoms. The Morgan fingerprint density at radius 1 is 1.38 bits per heavy atom. The Morgan fingerprint density at radius 3 is 2.86 bits per heavy atom. The van der Waals surface area contributed by atoms with E-state index in [9.17, 15) is 4.39 Å². The second kappa shape index (κ2) is 6.66. The van der Waals surface area contributed by atoms with E-state index in [0.717, 1.165) is 12.6 Å². The molecule has 1 heterocycles. The van der Waals surface area contributed by atoms with E-state index in [2.05, 4.69) is 21.4 Å². The summed E-state index contributed by atoms with van der Waals surface area (Å²) < 4.78 is 14.0. The summed E-state index contributed by atoms with van der Waals surface area (Å²) in [6.45, 7) is 2.73. The molecule has 2 aromatic rings. The van der Waals surface area contributed by atoms with Crippen molar-refractivity contribution in [3.63, 3.8) is 0 Å². The highest BCUT2D eigenvalue weighted by atomic mass is 19.1. The lowest BCUT2D eigenvalue weighted by atomic mass is 10.2. The minimum Gasteiger partial charge on any atom is -0.354 e. The standard InChI is InChI=1S/C15H16FN5/c1-3-8-18-15-19-10-12(16)14(20-15)21(2)13-7-5-4-6-11(13)9-17/h4-7,10H,3,8H2,1-2H3,(H,18,19,20). The van der Waals surface area contributed by atoms with Crippen molar-refractivity contribution in [1.82, 2.24) is 9.97 Å². The molecule has 0 atom stereocenters. The number of aromatic nitrogens is 2. The molecule has 6 heteroatoms. The lowest BCUT2D eigenvalue weighted by Gasteiger charge is -2.20. The predicted molar refractivity (Wildman–Crippen MR) is 80.0 cm³/mol. The molecular weight excluding hydrogens is 269 g/mol. The highest BCUT2D eigenvalue weighted by Gasteiger charge is 2.15. The van der Waals surface area contributed by atoms with E-state index in [4.69, 9.17) is 5.26 Å². The van der Waals surface area contributed by atoms with Crippen LogP contribution in [-0.2, 0) is 0 Å². The fraction of sp³-hybridized carbons (Fsp3) is 0.267. The Labute approximate surface area is 123 Å². The van der Waals surface area contributed by atoms with Gasteiger partial charge in [0.2, 0.25) is 5.95 Å². The first-order valence-electron chi connectivity index (χ1n) is 6.66. The lowest BCUT2D eigenvalue weighted by Crippen LogP contribution is -2.16. The molecule has 0 bridgehead atoms. The van der Waals surface area contributed by atoms with Crippen LogP contribution in [0.15, 0.2) is 30.5 Å². The molecule has 0 aliphatic carbocycles. The summed E-state index contributed by atoms with van der Waals surface area (Å²) >= 11 is 0. The molecule has 1 aromatic carbocycles. The van der Waals surface area contributed by atoms with E-state index in [-0.39, 0.29) is 5.82 Å². The Kier molecular flexibility index (Phi) is 4.67. The summed E-state index contributed by atoms with van der Waals surface area (Å²) in [5.74, 6) is -0.0341. The molecule has 0 fully saturated rings. The van der Waals surface area contributed by atoms with Crippen molar-refractivity contribution < 1.29 is 4.39 Å². The molecule has 0 aliphatic rings. The summed E-state index contributed by atoms with van der Waals surface area (Å²) in [6.07, 6.45) is 2.05. The average Bonchev–Trinajstić information content (AvgIpc) is 2.53. The van der Waals surface area contributed by atoms with E-state index in [1.54, 1.807) is 36.2 Å². The third-order valence-corrected chi connectivity index (χ3v) is 2.96. The van der Waals surface area contributed by atoms with Gasteiger partial charge in [-0.3, -0.25) is 0 Å². The van der Waals surface area contributed by atoms with Crippen LogP contribution in [0.25, 0.3) is 0 Å². The van der Waals surface area contributed by atoms with Crippen LogP contribution in [0.1, 0.15) is 18.9 Å². The minimum absolute atomic E-state index is 0.131. The Bertz CT molecular complexity index is 665. The third-order valence-electron chi connectivity index (χ3n) is 2.96. The molecule has 0 saturated carbocycles. The van der Waals surface area contributed by atoms with Gasteiger partial charge in [-0.15, -0.1) is 0 Å².